The Bertz CT molecular complexity index is 299. The quantitative estimate of drug-likeness (QED) is 0.588. The van der Waals surface area contributed by atoms with Crippen LogP contribution in [0.3, 0.4) is 0 Å². The minimum atomic E-state index is 0.0625. The summed E-state index contributed by atoms with van der Waals surface area (Å²) in [6.45, 7) is 0. The van der Waals surface area contributed by atoms with Crippen molar-refractivity contribution in [1.82, 2.24) is 4.98 Å². The molecular formula is C9H9Cl2N. The van der Waals surface area contributed by atoms with Gasteiger partial charge in [0.15, 0.2) is 0 Å². The van der Waals surface area contributed by atoms with Crippen molar-refractivity contribution in [1.29, 1.82) is 0 Å². The molecule has 1 nitrogen and oxygen atoms in total. The maximum absolute atomic E-state index is 6.10. The third-order valence-corrected chi connectivity index (χ3v) is 2.99. The predicted octanol–water partition coefficient (Wildman–Crippen LogP) is 3.35. The zero-order chi connectivity index (χ0) is 8.55. The van der Waals surface area contributed by atoms with E-state index < -0.39 is 0 Å². The van der Waals surface area contributed by atoms with Crippen LogP contribution in [0.1, 0.15) is 29.5 Å². The van der Waals surface area contributed by atoms with Crippen molar-refractivity contribution in [2.75, 3.05) is 0 Å². The van der Waals surface area contributed by atoms with Crippen molar-refractivity contribution in [2.45, 2.75) is 24.6 Å². The summed E-state index contributed by atoms with van der Waals surface area (Å²) in [5.41, 5.74) is 2.13. The first-order valence-corrected chi connectivity index (χ1v) is 4.88. The summed E-state index contributed by atoms with van der Waals surface area (Å²) in [5, 5.41) is 0.873. The van der Waals surface area contributed by atoms with Crippen LogP contribution in [0.15, 0.2) is 12.3 Å². The molecule has 0 aliphatic heterocycles. The van der Waals surface area contributed by atoms with E-state index in [0.29, 0.717) is 0 Å². The Morgan fingerprint density at radius 2 is 2.33 bits per heavy atom. The van der Waals surface area contributed by atoms with Gasteiger partial charge in [-0.3, -0.25) is 4.98 Å². The molecule has 0 spiro atoms. The molecule has 1 unspecified atom stereocenters. The molecule has 12 heavy (non-hydrogen) atoms. The average Bonchev–Trinajstić information content (AvgIpc) is 2.07. The lowest BCUT2D eigenvalue weighted by Crippen LogP contribution is -2.07. The number of rotatable bonds is 0. The summed E-state index contributed by atoms with van der Waals surface area (Å²) >= 11 is 12.1. The Morgan fingerprint density at radius 3 is 3.08 bits per heavy atom. The number of hydrogen-bond donors (Lipinski definition) is 0. The standard InChI is InChI=1S/C9H9Cl2N/c10-7-4-5-12-9-6(7)2-1-3-8(9)11/h4-5,8H,1-3H2. The Hall–Kier alpha value is -0.270. The smallest absolute Gasteiger partial charge is 0.0760 e. The van der Waals surface area contributed by atoms with Crippen LogP contribution in [-0.4, -0.2) is 4.98 Å². The van der Waals surface area contributed by atoms with Crippen molar-refractivity contribution >= 4 is 23.2 Å². The molecule has 0 saturated heterocycles. The summed E-state index contributed by atoms with van der Waals surface area (Å²) in [5.74, 6) is 0. The molecule has 0 radical (unpaired) electrons. The van der Waals surface area contributed by atoms with Crippen LogP contribution in [0.5, 0.6) is 0 Å². The second kappa shape index (κ2) is 3.23. The molecule has 1 atom stereocenters. The van der Waals surface area contributed by atoms with Crippen LogP contribution < -0.4 is 0 Å². The maximum atomic E-state index is 6.10. The van der Waals surface area contributed by atoms with Crippen LogP contribution in [0.25, 0.3) is 0 Å². The van der Waals surface area contributed by atoms with E-state index in [4.69, 9.17) is 23.2 Å². The topological polar surface area (TPSA) is 12.9 Å². The minimum absolute atomic E-state index is 0.0625. The molecule has 0 N–H and O–H groups in total. The summed E-state index contributed by atoms with van der Waals surface area (Å²) < 4.78 is 0. The van der Waals surface area contributed by atoms with E-state index in [9.17, 15) is 0 Å². The van der Waals surface area contributed by atoms with Gasteiger partial charge in [-0.2, -0.15) is 0 Å². The van der Waals surface area contributed by atoms with Gasteiger partial charge in [0.05, 0.1) is 11.1 Å². The van der Waals surface area contributed by atoms with Crippen molar-refractivity contribution < 1.29 is 0 Å². The Morgan fingerprint density at radius 1 is 1.50 bits per heavy atom. The first-order valence-electron chi connectivity index (χ1n) is 4.06. The maximum Gasteiger partial charge on any atom is 0.0760 e. The van der Waals surface area contributed by atoms with Crippen molar-refractivity contribution in [3.63, 3.8) is 0 Å². The molecule has 1 aromatic rings. The van der Waals surface area contributed by atoms with Crippen LogP contribution >= 0.6 is 23.2 Å². The molecule has 3 heteroatoms. The van der Waals surface area contributed by atoms with Crippen molar-refractivity contribution in [3.8, 4) is 0 Å². The van der Waals surface area contributed by atoms with E-state index in [1.54, 1.807) is 6.20 Å². The van der Waals surface area contributed by atoms with E-state index in [0.717, 1.165) is 35.5 Å². The number of halogens is 2. The molecule has 1 heterocycles. The summed E-state index contributed by atoms with van der Waals surface area (Å²) in [6, 6.07) is 1.83. The SMILES string of the molecule is Clc1ccnc2c1CCCC2Cl. The molecule has 0 saturated carbocycles. The van der Waals surface area contributed by atoms with Gasteiger partial charge in [-0.1, -0.05) is 11.6 Å². The van der Waals surface area contributed by atoms with E-state index in [1.807, 2.05) is 6.07 Å². The minimum Gasteiger partial charge on any atom is -0.259 e. The third kappa shape index (κ3) is 1.32. The van der Waals surface area contributed by atoms with Gasteiger partial charge in [0, 0.05) is 11.2 Å². The van der Waals surface area contributed by atoms with Gasteiger partial charge in [0.2, 0.25) is 0 Å². The highest BCUT2D eigenvalue weighted by atomic mass is 35.5. The normalized spacial score (nSPS) is 22.0. The van der Waals surface area contributed by atoms with Gasteiger partial charge in [0.25, 0.3) is 0 Å². The highest BCUT2D eigenvalue weighted by Gasteiger charge is 2.20. The molecule has 0 fully saturated rings. The van der Waals surface area contributed by atoms with Crippen molar-refractivity contribution in [2.24, 2.45) is 0 Å². The van der Waals surface area contributed by atoms with Crippen molar-refractivity contribution in [3.05, 3.63) is 28.5 Å². The van der Waals surface area contributed by atoms with Gasteiger partial charge in [-0.15, -0.1) is 11.6 Å². The van der Waals surface area contributed by atoms with E-state index in [1.165, 1.54) is 0 Å². The lowest BCUT2D eigenvalue weighted by atomic mass is 9.96. The lowest BCUT2D eigenvalue weighted by molar-refractivity contribution is 0.650. The lowest BCUT2D eigenvalue weighted by Gasteiger charge is -2.19. The number of nitrogens with zero attached hydrogens (tertiary/aromatic N) is 1. The molecule has 1 aliphatic carbocycles. The summed E-state index contributed by atoms with van der Waals surface area (Å²) in [6.07, 6.45) is 4.88. The van der Waals surface area contributed by atoms with Crippen LogP contribution in [0, 0.1) is 0 Å². The number of fused-ring (bicyclic) bond motifs is 1. The second-order valence-corrected chi connectivity index (χ2v) is 3.95. The van der Waals surface area contributed by atoms with E-state index in [-0.39, 0.29) is 5.38 Å². The average molecular weight is 202 g/mol. The van der Waals surface area contributed by atoms with Gasteiger partial charge in [-0.25, -0.2) is 0 Å². The van der Waals surface area contributed by atoms with E-state index in [2.05, 4.69) is 4.98 Å². The second-order valence-electron chi connectivity index (χ2n) is 3.02. The van der Waals surface area contributed by atoms with Crippen LogP contribution in [-0.2, 0) is 6.42 Å². The highest BCUT2D eigenvalue weighted by molar-refractivity contribution is 6.31. The molecule has 1 aromatic heterocycles. The Labute approximate surface area is 81.7 Å². The fraction of sp³-hybridized carbons (Fsp3) is 0.444. The summed E-state index contributed by atoms with van der Waals surface area (Å²) in [4.78, 5) is 4.24. The Balaban J connectivity index is 2.52. The third-order valence-electron chi connectivity index (χ3n) is 2.21. The van der Waals surface area contributed by atoms with Gasteiger partial charge < -0.3 is 0 Å². The molecule has 0 aromatic carbocycles. The fourth-order valence-electron chi connectivity index (χ4n) is 1.60. The molecule has 2 rings (SSSR count). The zero-order valence-corrected chi connectivity index (χ0v) is 8.07. The predicted molar refractivity (Wildman–Crippen MR) is 50.8 cm³/mol. The van der Waals surface area contributed by atoms with Gasteiger partial charge in [0.1, 0.15) is 0 Å². The highest BCUT2D eigenvalue weighted by Crippen LogP contribution is 2.35. The number of pyridine rings is 1. The summed E-state index contributed by atoms with van der Waals surface area (Å²) in [7, 11) is 0. The number of aromatic nitrogens is 1. The van der Waals surface area contributed by atoms with E-state index >= 15 is 0 Å². The molecule has 64 valence electrons. The van der Waals surface area contributed by atoms with Gasteiger partial charge in [-0.05, 0) is 30.9 Å². The number of hydrogen-bond acceptors (Lipinski definition) is 1. The first-order chi connectivity index (χ1) is 5.79. The number of alkyl halides is 1. The molecule has 1 aliphatic rings. The molecule has 0 bridgehead atoms. The monoisotopic (exact) mass is 201 g/mol. The Kier molecular flexibility index (Phi) is 2.24. The molecule has 0 amide bonds. The fourth-order valence-corrected chi connectivity index (χ4v) is 2.19. The van der Waals surface area contributed by atoms with Gasteiger partial charge >= 0.3 is 0 Å². The first kappa shape index (κ1) is 8.33. The molecular weight excluding hydrogens is 193 g/mol. The van der Waals surface area contributed by atoms with Crippen LogP contribution in [0.2, 0.25) is 5.02 Å². The van der Waals surface area contributed by atoms with Crippen LogP contribution in [0.4, 0.5) is 0 Å². The largest absolute Gasteiger partial charge is 0.259 e. The zero-order valence-electron chi connectivity index (χ0n) is 6.56.